The summed E-state index contributed by atoms with van der Waals surface area (Å²) in [6, 6.07) is 5.67. The van der Waals surface area contributed by atoms with Crippen LogP contribution in [0.25, 0.3) is 0 Å². The number of carbonyl (C=O) groups excluding carboxylic acids is 2. The molecule has 6 heteroatoms. The van der Waals surface area contributed by atoms with E-state index >= 15 is 0 Å². The first-order chi connectivity index (χ1) is 14.2. The fourth-order valence-corrected chi connectivity index (χ4v) is 5.57. The number of pyridine rings is 1. The second kappa shape index (κ2) is 7.71. The maximum absolute atomic E-state index is 13.1. The molecule has 2 aliphatic heterocycles. The SMILES string of the molecule is O=C(c1ccccn1)N1CCC(N2C(=O)C(OCC3CC3)C23CCCCC3)CC1. The second-order valence-electron chi connectivity index (χ2n) is 9.27. The molecule has 0 N–H and O–H groups in total. The molecule has 6 nitrogen and oxygen atoms in total. The predicted octanol–water partition coefficient (Wildman–Crippen LogP) is 3.03. The standard InChI is InChI=1S/C23H31N3O3/c27-21(19-6-2-5-13-24-19)25-14-9-18(10-15-25)26-22(28)20(29-16-17-7-8-17)23(26)11-3-1-4-12-23/h2,5-6,13,17-18,20H,1,3-4,7-12,14-16H2. The summed E-state index contributed by atoms with van der Waals surface area (Å²) >= 11 is 0. The molecule has 1 spiro atoms. The van der Waals surface area contributed by atoms with Gasteiger partial charge in [0, 0.05) is 25.3 Å². The molecule has 0 aromatic carbocycles. The van der Waals surface area contributed by atoms with Gasteiger partial charge >= 0.3 is 0 Å². The summed E-state index contributed by atoms with van der Waals surface area (Å²) in [5, 5.41) is 0. The van der Waals surface area contributed by atoms with Crippen molar-refractivity contribution in [3.63, 3.8) is 0 Å². The van der Waals surface area contributed by atoms with Gasteiger partial charge in [-0.1, -0.05) is 25.3 Å². The maximum atomic E-state index is 13.1. The number of ether oxygens (including phenoxy) is 1. The summed E-state index contributed by atoms with van der Waals surface area (Å²) < 4.78 is 6.18. The van der Waals surface area contributed by atoms with Crippen LogP contribution in [0.3, 0.4) is 0 Å². The molecule has 2 amide bonds. The van der Waals surface area contributed by atoms with E-state index in [1.165, 1.54) is 32.1 Å². The highest BCUT2D eigenvalue weighted by atomic mass is 16.5. The first-order valence-corrected chi connectivity index (χ1v) is 11.3. The van der Waals surface area contributed by atoms with Gasteiger partial charge in [-0.05, 0) is 56.6 Å². The monoisotopic (exact) mass is 397 g/mol. The molecular formula is C23H31N3O3. The van der Waals surface area contributed by atoms with Crippen LogP contribution < -0.4 is 0 Å². The molecule has 29 heavy (non-hydrogen) atoms. The van der Waals surface area contributed by atoms with Crippen LogP contribution in [-0.2, 0) is 9.53 Å². The Morgan fingerprint density at radius 2 is 1.86 bits per heavy atom. The van der Waals surface area contributed by atoms with Crippen molar-refractivity contribution in [3.05, 3.63) is 30.1 Å². The molecule has 2 aliphatic carbocycles. The van der Waals surface area contributed by atoms with Gasteiger partial charge in [0.25, 0.3) is 11.8 Å². The number of carbonyl (C=O) groups is 2. The van der Waals surface area contributed by atoms with E-state index in [4.69, 9.17) is 4.74 Å². The Hall–Kier alpha value is -1.95. The van der Waals surface area contributed by atoms with E-state index in [1.807, 2.05) is 17.0 Å². The van der Waals surface area contributed by atoms with Gasteiger partial charge in [-0.15, -0.1) is 0 Å². The van der Waals surface area contributed by atoms with Crippen LogP contribution in [0.4, 0.5) is 0 Å². The molecular weight excluding hydrogens is 366 g/mol. The minimum atomic E-state index is -0.225. The average Bonchev–Trinajstić information content (AvgIpc) is 3.60. The second-order valence-corrected chi connectivity index (χ2v) is 9.27. The molecule has 0 bridgehead atoms. The topological polar surface area (TPSA) is 62.7 Å². The van der Waals surface area contributed by atoms with E-state index in [0.29, 0.717) is 24.7 Å². The van der Waals surface area contributed by atoms with Crippen molar-refractivity contribution in [2.75, 3.05) is 19.7 Å². The minimum Gasteiger partial charge on any atom is -0.366 e. The summed E-state index contributed by atoms with van der Waals surface area (Å²) in [6.45, 7) is 2.13. The van der Waals surface area contributed by atoms with Crippen LogP contribution in [0, 0.1) is 5.92 Å². The zero-order chi connectivity index (χ0) is 19.8. The van der Waals surface area contributed by atoms with Crippen molar-refractivity contribution >= 4 is 11.8 Å². The van der Waals surface area contributed by atoms with Gasteiger partial charge in [0.1, 0.15) is 5.69 Å². The van der Waals surface area contributed by atoms with Crippen molar-refractivity contribution < 1.29 is 14.3 Å². The molecule has 0 radical (unpaired) electrons. The number of hydrogen-bond acceptors (Lipinski definition) is 4. The molecule has 2 saturated heterocycles. The Bertz CT molecular complexity index is 750. The molecule has 4 fully saturated rings. The van der Waals surface area contributed by atoms with Crippen LogP contribution in [0.1, 0.15) is 68.3 Å². The number of amides is 2. The van der Waals surface area contributed by atoms with Crippen molar-refractivity contribution in [2.45, 2.75) is 75.5 Å². The summed E-state index contributed by atoms with van der Waals surface area (Å²) in [5.41, 5.74) is 0.422. The lowest BCUT2D eigenvalue weighted by Crippen LogP contribution is -2.78. The summed E-state index contributed by atoms with van der Waals surface area (Å²) in [7, 11) is 0. The summed E-state index contributed by atoms with van der Waals surface area (Å²) in [5.74, 6) is 0.873. The van der Waals surface area contributed by atoms with Gasteiger partial charge in [-0.3, -0.25) is 14.6 Å². The van der Waals surface area contributed by atoms with Crippen LogP contribution in [0.5, 0.6) is 0 Å². The quantitative estimate of drug-likeness (QED) is 0.717. The molecule has 4 aliphatic rings. The number of likely N-dealkylation sites (tertiary alicyclic amines) is 2. The molecule has 5 rings (SSSR count). The highest BCUT2D eigenvalue weighted by Gasteiger charge is 2.62. The number of aromatic nitrogens is 1. The number of rotatable bonds is 5. The highest BCUT2D eigenvalue weighted by molar-refractivity contribution is 5.92. The Morgan fingerprint density at radius 3 is 2.52 bits per heavy atom. The smallest absolute Gasteiger partial charge is 0.272 e. The van der Waals surface area contributed by atoms with Gasteiger partial charge in [0.2, 0.25) is 0 Å². The van der Waals surface area contributed by atoms with E-state index in [2.05, 4.69) is 9.88 Å². The van der Waals surface area contributed by atoms with Crippen LogP contribution in [0.2, 0.25) is 0 Å². The van der Waals surface area contributed by atoms with Crippen molar-refractivity contribution in [3.8, 4) is 0 Å². The zero-order valence-corrected chi connectivity index (χ0v) is 17.1. The fraction of sp³-hybridized carbons (Fsp3) is 0.696. The molecule has 2 saturated carbocycles. The van der Waals surface area contributed by atoms with Crippen LogP contribution in [-0.4, -0.2) is 64.0 Å². The van der Waals surface area contributed by atoms with E-state index < -0.39 is 0 Å². The largest absolute Gasteiger partial charge is 0.366 e. The van der Waals surface area contributed by atoms with Crippen LogP contribution >= 0.6 is 0 Å². The highest BCUT2D eigenvalue weighted by Crippen LogP contribution is 2.48. The van der Waals surface area contributed by atoms with E-state index in [9.17, 15) is 9.59 Å². The van der Waals surface area contributed by atoms with Gasteiger partial charge in [0.15, 0.2) is 6.10 Å². The lowest BCUT2D eigenvalue weighted by Gasteiger charge is -2.62. The van der Waals surface area contributed by atoms with E-state index in [0.717, 1.165) is 32.3 Å². The number of hydrogen-bond donors (Lipinski definition) is 0. The maximum Gasteiger partial charge on any atom is 0.272 e. The molecule has 1 aromatic heterocycles. The number of β-lactam (4-membered cyclic amide) rings is 1. The zero-order valence-electron chi connectivity index (χ0n) is 17.1. The fourth-order valence-electron chi connectivity index (χ4n) is 5.57. The first kappa shape index (κ1) is 19.0. The van der Waals surface area contributed by atoms with E-state index in [1.54, 1.807) is 12.3 Å². The van der Waals surface area contributed by atoms with Crippen LogP contribution in [0.15, 0.2) is 24.4 Å². The molecule has 3 heterocycles. The van der Waals surface area contributed by atoms with Crippen molar-refractivity contribution in [1.29, 1.82) is 0 Å². The Morgan fingerprint density at radius 1 is 1.10 bits per heavy atom. The third-order valence-electron chi connectivity index (χ3n) is 7.35. The van der Waals surface area contributed by atoms with Crippen molar-refractivity contribution in [2.24, 2.45) is 5.92 Å². The third kappa shape index (κ3) is 3.45. The Labute approximate surface area is 172 Å². The minimum absolute atomic E-state index is 0.00277. The normalized spacial score (nSPS) is 27.2. The van der Waals surface area contributed by atoms with Gasteiger partial charge < -0.3 is 14.5 Å². The first-order valence-electron chi connectivity index (χ1n) is 11.3. The number of piperidine rings is 1. The van der Waals surface area contributed by atoms with Gasteiger partial charge in [-0.25, -0.2) is 0 Å². The molecule has 1 atom stereocenters. The van der Waals surface area contributed by atoms with Gasteiger partial charge in [-0.2, -0.15) is 0 Å². The average molecular weight is 398 g/mol. The Balaban J connectivity index is 1.24. The van der Waals surface area contributed by atoms with E-state index in [-0.39, 0.29) is 29.5 Å². The lowest BCUT2D eigenvalue weighted by molar-refractivity contribution is -0.211. The summed E-state index contributed by atoms with van der Waals surface area (Å²) in [6.07, 6.45) is 11.4. The Kier molecular flexibility index (Phi) is 5.06. The van der Waals surface area contributed by atoms with Gasteiger partial charge in [0.05, 0.1) is 12.1 Å². The molecule has 1 aromatic rings. The van der Waals surface area contributed by atoms with Crippen molar-refractivity contribution in [1.82, 2.24) is 14.8 Å². The predicted molar refractivity (Wildman–Crippen MR) is 108 cm³/mol. The molecule has 1 unspecified atom stereocenters. The third-order valence-corrected chi connectivity index (χ3v) is 7.35. The summed E-state index contributed by atoms with van der Waals surface area (Å²) in [4.78, 5) is 34.1. The lowest BCUT2D eigenvalue weighted by atomic mass is 9.68. The molecule has 156 valence electrons. The number of nitrogens with zero attached hydrogens (tertiary/aromatic N) is 3.